The maximum atomic E-state index is 12.8. The van der Waals surface area contributed by atoms with Crippen molar-refractivity contribution in [3.05, 3.63) is 122 Å². The van der Waals surface area contributed by atoms with Gasteiger partial charge in [0.15, 0.2) is 6.10 Å². The molecule has 0 radical (unpaired) electrons. The van der Waals surface area contributed by atoms with E-state index >= 15 is 0 Å². The summed E-state index contributed by atoms with van der Waals surface area (Å²) in [4.78, 5) is 38.1. The van der Waals surface area contributed by atoms with Crippen LogP contribution in [0.15, 0.2) is 122 Å². The van der Waals surface area contributed by atoms with Gasteiger partial charge in [0.05, 0.1) is 0 Å². The van der Waals surface area contributed by atoms with E-state index in [-0.39, 0.29) is 31.1 Å². The first kappa shape index (κ1) is 72.8. The Morgan fingerprint density at radius 2 is 0.506 bits per heavy atom. The van der Waals surface area contributed by atoms with Crippen molar-refractivity contribution in [2.24, 2.45) is 0 Å². The number of carbonyl (C=O) groups is 3. The molecule has 0 aliphatic heterocycles. The largest absolute Gasteiger partial charge is 0.462 e. The van der Waals surface area contributed by atoms with E-state index in [0.717, 1.165) is 135 Å². The zero-order chi connectivity index (χ0) is 55.7. The summed E-state index contributed by atoms with van der Waals surface area (Å²) in [6.45, 7) is 6.49. The van der Waals surface area contributed by atoms with Gasteiger partial charge in [0.2, 0.25) is 0 Å². The molecular formula is C71H118O6. The molecular weight excluding hydrogens is 949 g/mol. The Morgan fingerprint density at radius 3 is 0.792 bits per heavy atom. The zero-order valence-electron chi connectivity index (χ0n) is 50.2. The van der Waals surface area contributed by atoms with Crippen molar-refractivity contribution in [3.8, 4) is 0 Å². The number of ether oxygens (including phenoxy) is 3. The van der Waals surface area contributed by atoms with Gasteiger partial charge < -0.3 is 14.2 Å². The first-order valence-corrected chi connectivity index (χ1v) is 32.0. The SMILES string of the molecule is CC/C=C\C/C=C\C/C=C\C/C=C\C/C=C\C/C=C\C/C=C\C/C=C\C/C=C\C/C=C\CCCCCCC(=O)OCC(COC(=O)CCCCCCCCCC)OC(=O)CCCCCCCCCCCCCCCCCC. The van der Waals surface area contributed by atoms with Gasteiger partial charge >= 0.3 is 17.9 Å². The molecule has 0 aliphatic rings. The number of allylic oxidation sites excluding steroid dienone is 20. The van der Waals surface area contributed by atoms with Gasteiger partial charge in [0.25, 0.3) is 0 Å². The number of esters is 3. The van der Waals surface area contributed by atoms with Crippen LogP contribution in [0.2, 0.25) is 0 Å². The van der Waals surface area contributed by atoms with Gasteiger partial charge in [-0.15, -0.1) is 0 Å². The Balaban J connectivity index is 4.21. The Kier molecular flexibility index (Phi) is 60.8. The molecule has 0 rings (SSSR count). The van der Waals surface area contributed by atoms with Crippen LogP contribution in [0.3, 0.4) is 0 Å². The van der Waals surface area contributed by atoms with Crippen molar-refractivity contribution < 1.29 is 28.6 Å². The van der Waals surface area contributed by atoms with Gasteiger partial charge in [-0.05, 0) is 96.3 Å². The van der Waals surface area contributed by atoms with E-state index in [2.05, 4.69) is 142 Å². The van der Waals surface area contributed by atoms with E-state index in [0.29, 0.717) is 19.3 Å². The van der Waals surface area contributed by atoms with Crippen LogP contribution in [0, 0.1) is 0 Å². The predicted molar refractivity (Wildman–Crippen MR) is 334 cm³/mol. The number of hydrogen-bond acceptors (Lipinski definition) is 6. The first-order chi connectivity index (χ1) is 38.0. The van der Waals surface area contributed by atoms with Gasteiger partial charge in [-0.1, -0.05) is 296 Å². The second-order valence-electron chi connectivity index (χ2n) is 21.0. The van der Waals surface area contributed by atoms with Crippen LogP contribution in [0.5, 0.6) is 0 Å². The summed E-state index contributed by atoms with van der Waals surface area (Å²) in [5, 5.41) is 0. The van der Waals surface area contributed by atoms with Gasteiger partial charge in [0.1, 0.15) is 13.2 Å². The summed E-state index contributed by atoms with van der Waals surface area (Å²) in [6, 6.07) is 0. The molecule has 0 amide bonds. The van der Waals surface area contributed by atoms with Crippen LogP contribution in [-0.4, -0.2) is 37.2 Å². The molecule has 6 nitrogen and oxygen atoms in total. The molecule has 1 atom stereocenters. The molecule has 0 saturated carbocycles. The molecule has 0 heterocycles. The summed E-state index contributed by atoms with van der Waals surface area (Å²) in [5.41, 5.74) is 0. The highest BCUT2D eigenvalue weighted by Gasteiger charge is 2.19. The molecule has 77 heavy (non-hydrogen) atoms. The highest BCUT2D eigenvalue weighted by molar-refractivity contribution is 5.71. The number of unbranched alkanes of at least 4 members (excludes halogenated alkanes) is 26. The number of carbonyl (C=O) groups excluding carboxylic acids is 3. The van der Waals surface area contributed by atoms with E-state index in [1.807, 2.05) is 0 Å². The highest BCUT2D eigenvalue weighted by atomic mass is 16.6. The van der Waals surface area contributed by atoms with Crippen LogP contribution in [0.4, 0.5) is 0 Å². The quantitative estimate of drug-likeness (QED) is 0.0261. The fourth-order valence-electron chi connectivity index (χ4n) is 8.71. The minimum atomic E-state index is -0.786. The second-order valence-corrected chi connectivity index (χ2v) is 21.0. The van der Waals surface area contributed by atoms with Crippen LogP contribution in [0.1, 0.15) is 290 Å². The van der Waals surface area contributed by atoms with E-state index in [9.17, 15) is 14.4 Å². The summed E-state index contributed by atoms with van der Waals surface area (Å²) in [5.74, 6) is -0.909. The highest BCUT2D eigenvalue weighted by Crippen LogP contribution is 2.16. The number of rotatable bonds is 57. The normalized spacial score (nSPS) is 12.9. The lowest BCUT2D eigenvalue weighted by molar-refractivity contribution is -0.167. The van der Waals surface area contributed by atoms with Crippen molar-refractivity contribution in [1.29, 1.82) is 0 Å². The van der Waals surface area contributed by atoms with Crippen LogP contribution in [0.25, 0.3) is 0 Å². The average Bonchev–Trinajstić information content (AvgIpc) is 3.43. The molecule has 0 aromatic rings. The van der Waals surface area contributed by atoms with Crippen molar-refractivity contribution in [2.75, 3.05) is 13.2 Å². The molecule has 0 saturated heterocycles. The third-order valence-electron chi connectivity index (χ3n) is 13.5. The van der Waals surface area contributed by atoms with E-state index in [4.69, 9.17) is 14.2 Å². The summed E-state index contributed by atoms with van der Waals surface area (Å²) in [7, 11) is 0. The predicted octanol–water partition coefficient (Wildman–Crippen LogP) is 22.0. The molecule has 0 N–H and O–H groups in total. The molecule has 438 valence electrons. The molecule has 0 bridgehead atoms. The molecule has 0 aromatic carbocycles. The first-order valence-electron chi connectivity index (χ1n) is 32.0. The van der Waals surface area contributed by atoms with E-state index < -0.39 is 6.10 Å². The number of hydrogen-bond donors (Lipinski definition) is 0. The van der Waals surface area contributed by atoms with Crippen LogP contribution >= 0.6 is 0 Å². The van der Waals surface area contributed by atoms with Gasteiger partial charge in [-0.25, -0.2) is 0 Å². The maximum Gasteiger partial charge on any atom is 0.306 e. The van der Waals surface area contributed by atoms with Gasteiger partial charge in [-0.3, -0.25) is 14.4 Å². The molecule has 6 heteroatoms. The standard InChI is InChI=1S/C71H118O6/c1-4-7-10-13-16-19-21-23-25-27-28-29-30-31-32-33-34-35-36-37-38-39-40-41-42-43-44-45-47-48-50-52-55-58-61-64-70(73)76-67-68(66-75-69(72)63-60-57-54-18-15-12-9-6-3)77-71(74)65-62-59-56-53-51-49-46-26-24-22-20-17-14-11-8-5-2/h7,10,16,19,23,25,28-29,31-32,34-35,37-38,40-41,43-44,47-48,68H,4-6,8-9,11-15,17-18,20-22,24,26-27,30,33,36,39,42,45-46,49-67H2,1-3H3/b10-7-,19-16-,25-23-,29-28-,32-31-,35-34-,38-37-,41-40-,44-43-,48-47-. The van der Waals surface area contributed by atoms with Crippen molar-refractivity contribution in [2.45, 2.75) is 297 Å². The van der Waals surface area contributed by atoms with Crippen molar-refractivity contribution in [1.82, 2.24) is 0 Å². The summed E-state index contributed by atoms with van der Waals surface area (Å²) < 4.78 is 16.8. The summed E-state index contributed by atoms with van der Waals surface area (Å²) in [6.07, 6.45) is 89.4. The van der Waals surface area contributed by atoms with Crippen LogP contribution < -0.4 is 0 Å². The summed E-state index contributed by atoms with van der Waals surface area (Å²) >= 11 is 0. The zero-order valence-corrected chi connectivity index (χ0v) is 50.2. The fourth-order valence-corrected chi connectivity index (χ4v) is 8.71. The third-order valence-corrected chi connectivity index (χ3v) is 13.5. The molecule has 1 unspecified atom stereocenters. The Hall–Kier alpha value is -4.19. The topological polar surface area (TPSA) is 78.9 Å². The van der Waals surface area contributed by atoms with Gasteiger partial charge in [-0.2, -0.15) is 0 Å². The Morgan fingerprint density at radius 1 is 0.273 bits per heavy atom. The van der Waals surface area contributed by atoms with Crippen molar-refractivity contribution in [3.63, 3.8) is 0 Å². The molecule has 0 fully saturated rings. The third kappa shape index (κ3) is 62.5. The molecule has 0 aromatic heterocycles. The minimum absolute atomic E-state index is 0.0840. The average molecular weight is 1070 g/mol. The Labute approximate surface area is 475 Å². The lowest BCUT2D eigenvalue weighted by Gasteiger charge is -2.18. The molecule has 0 spiro atoms. The fraction of sp³-hybridized carbons (Fsp3) is 0.676. The lowest BCUT2D eigenvalue weighted by Crippen LogP contribution is -2.30. The lowest BCUT2D eigenvalue weighted by atomic mass is 10.0. The second kappa shape index (κ2) is 64.3. The minimum Gasteiger partial charge on any atom is -0.462 e. The molecule has 0 aliphatic carbocycles. The Bertz CT molecular complexity index is 1600. The van der Waals surface area contributed by atoms with Crippen LogP contribution in [-0.2, 0) is 28.6 Å². The van der Waals surface area contributed by atoms with Gasteiger partial charge in [0, 0.05) is 19.3 Å². The maximum absolute atomic E-state index is 12.8. The van der Waals surface area contributed by atoms with E-state index in [1.54, 1.807) is 0 Å². The monoisotopic (exact) mass is 1070 g/mol. The van der Waals surface area contributed by atoms with Crippen molar-refractivity contribution >= 4 is 17.9 Å². The van der Waals surface area contributed by atoms with E-state index in [1.165, 1.54) is 116 Å². The smallest absolute Gasteiger partial charge is 0.306 e.